The molecule has 68 valence electrons. The molecular weight excluding hydrogens is 232 g/mol. The first kappa shape index (κ1) is 8.86. The van der Waals surface area contributed by atoms with E-state index in [0.29, 0.717) is 5.39 Å². The van der Waals surface area contributed by atoms with E-state index < -0.39 is 9.05 Å². The molecule has 0 N–H and O–H groups in total. The van der Waals surface area contributed by atoms with Crippen molar-refractivity contribution in [3.63, 3.8) is 0 Å². The maximum Gasteiger partial charge on any atom is 0.279 e. The van der Waals surface area contributed by atoms with Gasteiger partial charge >= 0.3 is 0 Å². The first-order valence-corrected chi connectivity index (χ1v) is 6.31. The molecule has 7 heteroatoms. The average Bonchev–Trinajstić information content (AvgIpc) is 2.48. The zero-order valence-electron chi connectivity index (χ0n) is 6.14. The summed E-state index contributed by atoms with van der Waals surface area (Å²) in [6.07, 6.45) is 2.85. The predicted octanol–water partition coefficient (Wildman–Crippen LogP) is 1.62. The smallest absolute Gasteiger partial charge is 0.243 e. The highest BCUT2D eigenvalue weighted by Gasteiger charge is 2.16. The lowest BCUT2D eigenvalue weighted by Crippen LogP contribution is -1.94. The highest BCUT2D eigenvalue weighted by atomic mass is 35.7. The number of rotatable bonds is 1. The van der Waals surface area contributed by atoms with Crippen molar-refractivity contribution in [3.8, 4) is 0 Å². The summed E-state index contributed by atoms with van der Waals surface area (Å²) in [5.74, 6) is 0. The molecule has 2 aromatic rings. The molecule has 0 unspecified atom stereocenters. The molecule has 4 nitrogen and oxygen atoms in total. The molecule has 0 fully saturated rings. The third kappa shape index (κ3) is 1.52. The Kier molecular flexibility index (Phi) is 1.98. The summed E-state index contributed by atoms with van der Waals surface area (Å²) in [5.41, 5.74) is 0. The fraction of sp³-hybridized carbons (Fsp3) is 0. The number of aromatic nitrogens is 2. The Labute approximate surface area is 82.8 Å². The van der Waals surface area contributed by atoms with Crippen LogP contribution in [0.15, 0.2) is 23.5 Å². The minimum atomic E-state index is -3.77. The van der Waals surface area contributed by atoms with Crippen molar-refractivity contribution in [1.29, 1.82) is 0 Å². The van der Waals surface area contributed by atoms with Crippen molar-refractivity contribution < 1.29 is 8.42 Å². The maximum absolute atomic E-state index is 11.0. The molecule has 2 rings (SSSR count). The third-order valence-electron chi connectivity index (χ3n) is 1.48. The van der Waals surface area contributed by atoms with Gasteiger partial charge in [-0.3, -0.25) is 0 Å². The molecule has 0 amide bonds. The van der Waals surface area contributed by atoms with Crippen molar-refractivity contribution in [2.45, 2.75) is 5.03 Å². The third-order valence-corrected chi connectivity index (χ3v) is 3.47. The van der Waals surface area contributed by atoms with Crippen molar-refractivity contribution in [2.24, 2.45) is 0 Å². The van der Waals surface area contributed by atoms with Crippen LogP contribution < -0.4 is 0 Å². The molecule has 0 spiro atoms. The Bertz CT molecular complexity index is 549. The molecule has 0 aliphatic heterocycles. The van der Waals surface area contributed by atoms with Gasteiger partial charge < -0.3 is 0 Å². The highest BCUT2D eigenvalue weighted by molar-refractivity contribution is 8.13. The van der Waals surface area contributed by atoms with Gasteiger partial charge in [-0.1, -0.05) is 0 Å². The van der Waals surface area contributed by atoms with Crippen LogP contribution in [0.5, 0.6) is 0 Å². The Morgan fingerprint density at radius 2 is 2.23 bits per heavy atom. The molecule has 2 heterocycles. The molecule has 0 bridgehead atoms. The summed E-state index contributed by atoms with van der Waals surface area (Å²) in [5, 5.41) is 0.350. The number of hydrogen-bond donors (Lipinski definition) is 0. The van der Waals surface area contributed by atoms with Crippen LogP contribution in [0.4, 0.5) is 0 Å². The lowest BCUT2D eigenvalue weighted by molar-refractivity contribution is 0.607. The van der Waals surface area contributed by atoms with Crippen molar-refractivity contribution >= 4 is 41.4 Å². The van der Waals surface area contributed by atoms with E-state index in [1.54, 1.807) is 6.07 Å². The molecule has 0 radical (unpaired) electrons. The minimum Gasteiger partial charge on any atom is -0.243 e. The maximum atomic E-state index is 11.0. The van der Waals surface area contributed by atoms with Gasteiger partial charge in [-0.2, -0.15) is 4.37 Å². The van der Waals surface area contributed by atoms with Gasteiger partial charge in [-0.05, 0) is 17.6 Å². The van der Waals surface area contributed by atoms with Crippen LogP contribution in [0.1, 0.15) is 0 Å². The monoisotopic (exact) mass is 234 g/mol. The normalized spacial score (nSPS) is 12.1. The lowest BCUT2D eigenvalue weighted by Gasteiger charge is -1.94. The molecule has 0 aliphatic rings. The molecule has 0 aliphatic carbocycles. The van der Waals surface area contributed by atoms with E-state index in [-0.39, 0.29) is 5.03 Å². The largest absolute Gasteiger partial charge is 0.279 e. The molecular formula is C6H3ClN2O2S2. The van der Waals surface area contributed by atoms with Crippen LogP contribution in [-0.4, -0.2) is 17.8 Å². The van der Waals surface area contributed by atoms with Crippen LogP contribution in [-0.2, 0) is 9.05 Å². The van der Waals surface area contributed by atoms with E-state index in [4.69, 9.17) is 10.7 Å². The van der Waals surface area contributed by atoms with Gasteiger partial charge in [0.1, 0.15) is 0 Å². The van der Waals surface area contributed by atoms with Gasteiger partial charge in [0.05, 0.1) is 16.3 Å². The molecule has 0 atom stereocenters. The summed E-state index contributed by atoms with van der Waals surface area (Å²) in [7, 11) is 1.41. The number of fused-ring (bicyclic) bond motifs is 1. The molecule has 13 heavy (non-hydrogen) atoms. The van der Waals surface area contributed by atoms with Crippen molar-refractivity contribution in [2.75, 3.05) is 0 Å². The van der Waals surface area contributed by atoms with Gasteiger partial charge in [0.2, 0.25) is 0 Å². The van der Waals surface area contributed by atoms with Crippen LogP contribution in [0, 0.1) is 0 Å². The lowest BCUT2D eigenvalue weighted by atomic mass is 10.4. The number of nitrogens with zero attached hydrogens (tertiary/aromatic N) is 2. The SMILES string of the molecule is O=S(=O)(Cl)c1nccc2sncc12. The van der Waals surface area contributed by atoms with Crippen LogP contribution in [0.25, 0.3) is 10.1 Å². The van der Waals surface area contributed by atoms with E-state index in [0.717, 1.165) is 4.70 Å². The topological polar surface area (TPSA) is 59.9 Å². The number of pyridine rings is 1. The fourth-order valence-electron chi connectivity index (χ4n) is 0.966. The van der Waals surface area contributed by atoms with Crippen molar-refractivity contribution in [3.05, 3.63) is 18.5 Å². The van der Waals surface area contributed by atoms with Gasteiger partial charge in [-0.15, -0.1) is 0 Å². The number of halogens is 1. The first-order valence-electron chi connectivity index (χ1n) is 3.23. The van der Waals surface area contributed by atoms with Gasteiger partial charge in [0.25, 0.3) is 9.05 Å². The van der Waals surface area contributed by atoms with Gasteiger partial charge in [0.15, 0.2) is 5.03 Å². The summed E-state index contributed by atoms with van der Waals surface area (Å²) < 4.78 is 26.7. The summed E-state index contributed by atoms with van der Waals surface area (Å²) in [6.45, 7) is 0. The second kappa shape index (κ2) is 2.90. The van der Waals surface area contributed by atoms with E-state index >= 15 is 0 Å². The van der Waals surface area contributed by atoms with E-state index in [1.165, 1.54) is 23.9 Å². The van der Waals surface area contributed by atoms with Crippen LogP contribution in [0.2, 0.25) is 0 Å². The average molecular weight is 235 g/mol. The second-order valence-electron chi connectivity index (χ2n) is 2.29. The predicted molar refractivity (Wildman–Crippen MR) is 50.5 cm³/mol. The number of hydrogen-bond acceptors (Lipinski definition) is 5. The zero-order valence-corrected chi connectivity index (χ0v) is 8.53. The molecule has 0 aromatic carbocycles. The standard InChI is InChI=1S/C6H3ClN2O2S2/c7-13(10,11)6-4-3-9-12-5(4)1-2-8-6/h1-3H. The summed E-state index contributed by atoms with van der Waals surface area (Å²) in [4.78, 5) is 3.70. The quantitative estimate of drug-likeness (QED) is 0.704. The second-order valence-corrected chi connectivity index (χ2v) is 5.61. The van der Waals surface area contributed by atoms with E-state index in [1.807, 2.05) is 0 Å². The highest BCUT2D eigenvalue weighted by Crippen LogP contribution is 2.25. The summed E-state index contributed by atoms with van der Waals surface area (Å²) >= 11 is 1.20. The van der Waals surface area contributed by atoms with Gasteiger partial charge in [-0.25, -0.2) is 13.4 Å². The zero-order chi connectivity index (χ0) is 9.47. The Morgan fingerprint density at radius 1 is 1.46 bits per heavy atom. The molecule has 2 aromatic heterocycles. The molecule has 0 saturated carbocycles. The van der Waals surface area contributed by atoms with E-state index in [2.05, 4.69) is 9.36 Å². The Hall–Kier alpha value is -0.720. The minimum absolute atomic E-state index is 0.125. The van der Waals surface area contributed by atoms with Crippen LogP contribution >= 0.6 is 22.2 Å². The van der Waals surface area contributed by atoms with Crippen LogP contribution in [0.3, 0.4) is 0 Å². The summed E-state index contributed by atoms with van der Waals surface area (Å²) in [6, 6.07) is 1.69. The first-order chi connectivity index (χ1) is 6.09. The van der Waals surface area contributed by atoms with Gasteiger partial charge in [0, 0.05) is 16.9 Å². The van der Waals surface area contributed by atoms with E-state index in [9.17, 15) is 8.42 Å². The Balaban J connectivity index is 2.91. The molecule has 0 saturated heterocycles. The fourth-order valence-corrected chi connectivity index (χ4v) is 2.65. The van der Waals surface area contributed by atoms with Crippen molar-refractivity contribution in [1.82, 2.24) is 9.36 Å². The Morgan fingerprint density at radius 3 is 2.92 bits per heavy atom.